The van der Waals surface area contributed by atoms with E-state index in [4.69, 9.17) is 5.73 Å². The minimum absolute atomic E-state index is 0.223. The minimum Gasteiger partial charge on any atom is -0.397 e. The lowest BCUT2D eigenvalue weighted by molar-refractivity contribution is 0.0709. The largest absolute Gasteiger partial charge is 0.397 e. The summed E-state index contributed by atoms with van der Waals surface area (Å²) in [4.78, 5) is 14.0. The van der Waals surface area contributed by atoms with Gasteiger partial charge in [0.05, 0.1) is 11.8 Å². The van der Waals surface area contributed by atoms with Gasteiger partial charge in [0, 0.05) is 23.7 Å². The van der Waals surface area contributed by atoms with Gasteiger partial charge in [0.25, 0.3) is 5.91 Å². The van der Waals surface area contributed by atoms with E-state index in [0.717, 1.165) is 4.70 Å². The Morgan fingerprint density at radius 2 is 2.26 bits per heavy atom. The van der Waals surface area contributed by atoms with Crippen molar-refractivity contribution in [3.05, 3.63) is 28.9 Å². The molecule has 0 aliphatic carbocycles. The summed E-state index contributed by atoms with van der Waals surface area (Å²) in [7, 11) is 1.60. The van der Waals surface area contributed by atoms with Crippen molar-refractivity contribution in [1.29, 1.82) is 0 Å². The van der Waals surface area contributed by atoms with Crippen molar-refractivity contribution in [3.8, 4) is 0 Å². The zero-order valence-electron chi connectivity index (χ0n) is 10.7. The molecular weight excluding hydrogens is 267 g/mol. The maximum atomic E-state index is 13.2. The van der Waals surface area contributed by atoms with Crippen molar-refractivity contribution in [2.24, 2.45) is 0 Å². The molecule has 19 heavy (non-hydrogen) atoms. The van der Waals surface area contributed by atoms with Crippen molar-refractivity contribution >= 4 is 33.0 Å². The van der Waals surface area contributed by atoms with Gasteiger partial charge in [0.1, 0.15) is 10.7 Å². The Labute approximate surface area is 114 Å². The number of hydrogen-bond donors (Lipinski definition) is 2. The van der Waals surface area contributed by atoms with Gasteiger partial charge in [-0.05, 0) is 25.1 Å². The minimum atomic E-state index is -0.609. The maximum Gasteiger partial charge on any atom is 0.265 e. The number of anilines is 1. The highest BCUT2D eigenvalue weighted by Gasteiger charge is 2.20. The number of aliphatic hydroxyl groups is 1. The first-order valence-electron chi connectivity index (χ1n) is 5.81. The van der Waals surface area contributed by atoms with Crippen LogP contribution in [0.2, 0.25) is 0 Å². The van der Waals surface area contributed by atoms with Gasteiger partial charge in [-0.15, -0.1) is 11.3 Å². The molecule has 2 aromatic rings. The van der Waals surface area contributed by atoms with Crippen molar-refractivity contribution < 1.29 is 14.3 Å². The smallest absolute Gasteiger partial charge is 0.265 e. The molecule has 2 rings (SSSR count). The molecule has 4 nitrogen and oxygen atoms in total. The number of nitrogen functional groups attached to an aromatic ring is 1. The number of amides is 1. The second-order valence-corrected chi connectivity index (χ2v) is 5.57. The van der Waals surface area contributed by atoms with E-state index in [2.05, 4.69) is 0 Å². The lowest BCUT2D eigenvalue weighted by atomic mass is 10.2. The average molecular weight is 282 g/mol. The van der Waals surface area contributed by atoms with Crippen LogP contribution in [0.1, 0.15) is 16.6 Å². The number of aliphatic hydroxyl groups excluding tert-OH is 1. The monoisotopic (exact) mass is 282 g/mol. The molecule has 6 heteroatoms. The van der Waals surface area contributed by atoms with Crippen molar-refractivity contribution in [2.75, 3.05) is 19.3 Å². The van der Waals surface area contributed by atoms with E-state index in [0.29, 0.717) is 16.0 Å². The van der Waals surface area contributed by atoms with Gasteiger partial charge in [-0.3, -0.25) is 4.79 Å². The van der Waals surface area contributed by atoms with E-state index in [1.54, 1.807) is 20.0 Å². The molecule has 1 unspecified atom stereocenters. The first kappa shape index (κ1) is 13.8. The van der Waals surface area contributed by atoms with E-state index < -0.39 is 6.10 Å². The number of carbonyl (C=O) groups is 1. The van der Waals surface area contributed by atoms with E-state index in [1.165, 1.54) is 28.4 Å². The summed E-state index contributed by atoms with van der Waals surface area (Å²) in [5.74, 6) is -0.645. The molecule has 0 fully saturated rings. The van der Waals surface area contributed by atoms with Gasteiger partial charge in [0.15, 0.2) is 0 Å². The summed E-state index contributed by atoms with van der Waals surface area (Å²) < 4.78 is 13.9. The molecule has 1 atom stereocenters. The lowest BCUT2D eigenvalue weighted by Gasteiger charge is -2.18. The third-order valence-electron chi connectivity index (χ3n) is 2.77. The molecule has 0 saturated heterocycles. The molecule has 0 bridgehead atoms. The number of carbonyl (C=O) groups excluding carboxylic acids is 1. The van der Waals surface area contributed by atoms with E-state index in [1.807, 2.05) is 0 Å². The van der Waals surface area contributed by atoms with Crippen molar-refractivity contribution in [3.63, 3.8) is 0 Å². The first-order chi connectivity index (χ1) is 8.90. The highest BCUT2D eigenvalue weighted by Crippen LogP contribution is 2.34. The van der Waals surface area contributed by atoms with Crippen molar-refractivity contribution in [2.45, 2.75) is 13.0 Å². The number of halogens is 1. The fourth-order valence-electron chi connectivity index (χ4n) is 1.90. The Kier molecular flexibility index (Phi) is 3.73. The van der Waals surface area contributed by atoms with Crippen LogP contribution in [0.4, 0.5) is 10.1 Å². The van der Waals surface area contributed by atoms with Crippen LogP contribution in [0.5, 0.6) is 0 Å². The summed E-state index contributed by atoms with van der Waals surface area (Å²) in [5.41, 5.74) is 6.20. The van der Waals surface area contributed by atoms with Gasteiger partial charge in [-0.25, -0.2) is 4.39 Å². The molecule has 3 N–H and O–H groups in total. The topological polar surface area (TPSA) is 66.6 Å². The summed E-state index contributed by atoms with van der Waals surface area (Å²) in [5, 5.41) is 9.85. The zero-order valence-corrected chi connectivity index (χ0v) is 11.5. The fourth-order valence-corrected chi connectivity index (χ4v) is 3.00. The Morgan fingerprint density at radius 1 is 1.58 bits per heavy atom. The number of fused-ring (bicyclic) bond motifs is 1. The first-order valence-corrected chi connectivity index (χ1v) is 6.63. The van der Waals surface area contributed by atoms with Gasteiger partial charge in [0.2, 0.25) is 0 Å². The van der Waals surface area contributed by atoms with E-state index in [-0.39, 0.29) is 18.3 Å². The summed E-state index contributed by atoms with van der Waals surface area (Å²) in [6.07, 6.45) is -0.609. The van der Waals surface area contributed by atoms with Crippen LogP contribution in [0.15, 0.2) is 18.2 Å². The van der Waals surface area contributed by atoms with Gasteiger partial charge in [-0.1, -0.05) is 0 Å². The highest BCUT2D eigenvalue weighted by atomic mass is 32.1. The SMILES string of the molecule is CC(O)CN(C)C(=O)c1sc2ccc(F)cc2c1N. The number of nitrogens with two attached hydrogens (primary N) is 1. The number of thiophene rings is 1. The lowest BCUT2D eigenvalue weighted by Crippen LogP contribution is -2.32. The number of benzene rings is 1. The third-order valence-corrected chi connectivity index (χ3v) is 3.94. The van der Waals surface area contributed by atoms with Crippen LogP contribution in [0.25, 0.3) is 10.1 Å². The molecular formula is C13H15FN2O2S. The highest BCUT2D eigenvalue weighted by molar-refractivity contribution is 7.21. The van der Waals surface area contributed by atoms with Crippen LogP contribution in [-0.2, 0) is 0 Å². The molecule has 0 aliphatic rings. The number of likely N-dealkylation sites (N-methyl/N-ethyl adjacent to an activating group) is 1. The predicted octanol–water partition coefficient (Wildman–Crippen LogP) is 2.08. The summed E-state index contributed by atoms with van der Waals surface area (Å²) >= 11 is 1.23. The second kappa shape index (κ2) is 5.14. The van der Waals surface area contributed by atoms with Crippen LogP contribution in [0, 0.1) is 5.82 Å². The molecule has 0 saturated carbocycles. The number of rotatable bonds is 3. The average Bonchev–Trinajstić information content (AvgIpc) is 2.65. The Morgan fingerprint density at radius 3 is 2.89 bits per heavy atom. The normalized spacial score (nSPS) is 12.6. The van der Waals surface area contributed by atoms with E-state index in [9.17, 15) is 14.3 Å². The standard InChI is InChI=1S/C13H15FN2O2S/c1-7(17)6-16(2)13(18)12-11(15)9-5-8(14)3-4-10(9)19-12/h3-5,7,17H,6,15H2,1-2H3. The fraction of sp³-hybridized carbons (Fsp3) is 0.308. The van der Waals surface area contributed by atoms with Crippen LogP contribution in [-0.4, -0.2) is 35.6 Å². The molecule has 0 aliphatic heterocycles. The maximum absolute atomic E-state index is 13.2. The molecule has 1 heterocycles. The van der Waals surface area contributed by atoms with Crippen molar-refractivity contribution in [1.82, 2.24) is 4.90 Å². The number of nitrogens with zero attached hydrogens (tertiary/aromatic N) is 1. The molecule has 1 aromatic carbocycles. The van der Waals surface area contributed by atoms with Crippen LogP contribution >= 0.6 is 11.3 Å². The van der Waals surface area contributed by atoms with Crippen LogP contribution in [0.3, 0.4) is 0 Å². The summed E-state index contributed by atoms with van der Waals surface area (Å²) in [6, 6.07) is 4.27. The second-order valence-electron chi connectivity index (χ2n) is 4.52. The third kappa shape index (κ3) is 2.69. The molecule has 102 valence electrons. The molecule has 0 radical (unpaired) electrons. The summed E-state index contributed by atoms with van der Waals surface area (Å²) in [6.45, 7) is 1.83. The molecule has 0 spiro atoms. The Balaban J connectivity index is 2.40. The Bertz CT molecular complexity index is 624. The van der Waals surface area contributed by atoms with E-state index >= 15 is 0 Å². The Hall–Kier alpha value is -1.66. The van der Waals surface area contributed by atoms with Gasteiger partial charge in [-0.2, -0.15) is 0 Å². The number of hydrogen-bond acceptors (Lipinski definition) is 4. The molecule has 1 aromatic heterocycles. The zero-order chi connectivity index (χ0) is 14.2. The quantitative estimate of drug-likeness (QED) is 0.905. The van der Waals surface area contributed by atoms with Gasteiger partial charge >= 0.3 is 0 Å². The predicted molar refractivity (Wildman–Crippen MR) is 74.8 cm³/mol. The van der Waals surface area contributed by atoms with Gasteiger partial charge < -0.3 is 15.7 Å². The van der Waals surface area contributed by atoms with Crippen LogP contribution < -0.4 is 5.73 Å². The molecule has 1 amide bonds.